The number of ketones is 1. The molecule has 18 heavy (non-hydrogen) atoms. The van der Waals surface area contributed by atoms with Crippen LogP contribution in [0.3, 0.4) is 0 Å². The molecule has 5 heteroatoms. The fourth-order valence-corrected chi connectivity index (χ4v) is 1.82. The van der Waals surface area contributed by atoms with E-state index in [0.29, 0.717) is 24.2 Å². The topological polar surface area (TPSA) is 69.4 Å². The number of Topliss-reactive ketones (excluding diaryl/α,β-unsaturated/α-hetero) is 1. The fourth-order valence-electron chi connectivity index (χ4n) is 1.82. The average molecular weight is 251 g/mol. The summed E-state index contributed by atoms with van der Waals surface area (Å²) in [6.07, 6.45) is 1.05. The molecule has 5 nitrogen and oxygen atoms in total. The van der Waals surface area contributed by atoms with Gasteiger partial charge in [-0.05, 0) is 24.1 Å². The van der Waals surface area contributed by atoms with Gasteiger partial charge in [0.2, 0.25) is 6.54 Å². The second-order valence-electron chi connectivity index (χ2n) is 4.06. The predicted octanol–water partition coefficient (Wildman–Crippen LogP) is 2.42. The lowest BCUT2D eigenvalue weighted by molar-refractivity contribution is -0.481. The molecule has 0 aliphatic carbocycles. The summed E-state index contributed by atoms with van der Waals surface area (Å²) in [6.45, 7) is 1.51. The number of nitro groups is 1. The largest absolute Gasteiger partial charge is 0.497 e. The van der Waals surface area contributed by atoms with Crippen LogP contribution in [-0.4, -0.2) is 24.4 Å². The maximum absolute atomic E-state index is 11.9. The molecule has 0 radical (unpaired) electrons. The van der Waals surface area contributed by atoms with Gasteiger partial charge in [0, 0.05) is 11.3 Å². The van der Waals surface area contributed by atoms with Crippen molar-refractivity contribution >= 4 is 5.78 Å². The van der Waals surface area contributed by atoms with Crippen LogP contribution in [0.1, 0.15) is 31.2 Å². The summed E-state index contributed by atoms with van der Waals surface area (Å²) in [4.78, 5) is 22.2. The van der Waals surface area contributed by atoms with Crippen LogP contribution in [0.5, 0.6) is 5.75 Å². The monoisotopic (exact) mass is 251 g/mol. The first-order chi connectivity index (χ1) is 8.58. The maximum Gasteiger partial charge on any atom is 0.217 e. The Hall–Kier alpha value is -1.91. The Labute approximate surface area is 106 Å². The molecule has 0 heterocycles. The highest BCUT2D eigenvalue weighted by molar-refractivity contribution is 5.85. The molecule has 0 saturated heterocycles. The van der Waals surface area contributed by atoms with Gasteiger partial charge in [0.1, 0.15) is 17.5 Å². The van der Waals surface area contributed by atoms with Crippen LogP contribution >= 0.6 is 0 Å². The molecule has 0 aromatic heterocycles. The zero-order valence-electron chi connectivity index (χ0n) is 10.6. The molecule has 1 unspecified atom stereocenters. The molecule has 0 fully saturated rings. The third kappa shape index (κ3) is 3.84. The van der Waals surface area contributed by atoms with Gasteiger partial charge in [-0.25, -0.2) is 0 Å². The molecule has 1 aromatic carbocycles. The van der Waals surface area contributed by atoms with Crippen molar-refractivity contribution < 1.29 is 14.5 Å². The van der Waals surface area contributed by atoms with Crippen molar-refractivity contribution in [3.05, 3.63) is 39.9 Å². The highest BCUT2D eigenvalue weighted by atomic mass is 16.6. The lowest BCUT2D eigenvalue weighted by Crippen LogP contribution is -2.21. The number of hydrogen-bond donors (Lipinski definition) is 0. The number of methoxy groups -OCH3 is 1. The molecule has 0 N–H and O–H groups in total. The lowest BCUT2D eigenvalue weighted by atomic mass is 9.92. The number of nitrogens with zero attached hydrogens (tertiary/aromatic N) is 1. The molecule has 0 bridgehead atoms. The van der Waals surface area contributed by atoms with Gasteiger partial charge in [-0.1, -0.05) is 19.1 Å². The molecule has 1 aromatic rings. The van der Waals surface area contributed by atoms with E-state index in [0.717, 1.165) is 0 Å². The van der Waals surface area contributed by atoms with E-state index in [4.69, 9.17) is 4.74 Å². The van der Waals surface area contributed by atoms with Crippen molar-refractivity contribution in [1.82, 2.24) is 0 Å². The summed E-state index contributed by atoms with van der Waals surface area (Å²) in [5.41, 5.74) is 0.643. The quantitative estimate of drug-likeness (QED) is 0.551. The van der Waals surface area contributed by atoms with E-state index >= 15 is 0 Å². The van der Waals surface area contributed by atoms with Crippen LogP contribution in [0.15, 0.2) is 24.3 Å². The molecule has 0 saturated carbocycles. The summed E-state index contributed by atoms with van der Waals surface area (Å²) in [6, 6.07) is 6.89. The number of hydrogen-bond acceptors (Lipinski definition) is 4. The summed E-state index contributed by atoms with van der Waals surface area (Å²) in [5, 5.41) is 10.7. The van der Waals surface area contributed by atoms with E-state index in [-0.39, 0.29) is 12.3 Å². The van der Waals surface area contributed by atoms with Gasteiger partial charge in [-0.2, -0.15) is 0 Å². The molecular formula is C13H17NO4. The van der Waals surface area contributed by atoms with Gasteiger partial charge in [0.25, 0.3) is 0 Å². The number of carbonyl (C=O) groups excluding carboxylic acids is 1. The Morgan fingerprint density at radius 3 is 2.78 bits per heavy atom. The molecule has 1 atom stereocenters. The normalized spacial score (nSPS) is 11.9. The van der Waals surface area contributed by atoms with E-state index in [1.165, 1.54) is 7.11 Å². The zero-order valence-corrected chi connectivity index (χ0v) is 10.6. The fraction of sp³-hybridized carbons (Fsp3) is 0.462. The standard InChI is InChI=1S/C13H17NO4/c1-3-5-13(15)12(9-14(16)17)10-6-4-7-11(8-10)18-2/h4,6-8,12H,3,5,9H2,1-2H3. The predicted molar refractivity (Wildman–Crippen MR) is 67.5 cm³/mol. The Balaban J connectivity index is 3.00. The minimum absolute atomic E-state index is 0.0950. The van der Waals surface area contributed by atoms with Crippen molar-refractivity contribution in [2.75, 3.05) is 13.7 Å². The van der Waals surface area contributed by atoms with Crippen LogP contribution < -0.4 is 4.74 Å². The molecule has 0 aliphatic rings. The van der Waals surface area contributed by atoms with Crippen LogP contribution in [0.4, 0.5) is 0 Å². The highest BCUT2D eigenvalue weighted by Crippen LogP contribution is 2.23. The van der Waals surface area contributed by atoms with Crippen LogP contribution in [0.2, 0.25) is 0 Å². The third-order valence-corrected chi connectivity index (χ3v) is 2.71. The molecule has 0 spiro atoms. The van der Waals surface area contributed by atoms with Crippen molar-refractivity contribution in [1.29, 1.82) is 0 Å². The Bertz CT molecular complexity index is 431. The van der Waals surface area contributed by atoms with Gasteiger partial charge < -0.3 is 4.74 Å². The first-order valence-corrected chi connectivity index (χ1v) is 5.87. The van der Waals surface area contributed by atoms with E-state index in [1.54, 1.807) is 24.3 Å². The second-order valence-corrected chi connectivity index (χ2v) is 4.06. The highest BCUT2D eigenvalue weighted by Gasteiger charge is 2.25. The van der Waals surface area contributed by atoms with Crippen molar-refractivity contribution in [3.63, 3.8) is 0 Å². The summed E-state index contributed by atoms with van der Waals surface area (Å²) in [7, 11) is 1.52. The van der Waals surface area contributed by atoms with Crippen molar-refractivity contribution in [3.8, 4) is 5.75 Å². The number of carbonyl (C=O) groups is 1. The van der Waals surface area contributed by atoms with E-state index in [9.17, 15) is 14.9 Å². The molecule has 1 rings (SSSR count). The van der Waals surface area contributed by atoms with Crippen LogP contribution in [-0.2, 0) is 4.79 Å². The summed E-state index contributed by atoms with van der Waals surface area (Å²) < 4.78 is 5.07. The summed E-state index contributed by atoms with van der Waals surface area (Å²) in [5.74, 6) is -0.178. The number of benzene rings is 1. The van der Waals surface area contributed by atoms with Gasteiger partial charge in [-0.3, -0.25) is 14.9 Å². The Kier molecular flexibility index (Phi) is 5.30. The lowest BCUT2D eigenvalue weighted by Gasteiger charge is -2.12. The van der Waals surface area contributed by atoms with Crippen LogP contribution in [0.25, 0.3) is 0 Å². The van der Waals surface area contributed by atoms with Crippen LogP contribution in [0, 0.1) is 10.1 Å². The Morgan fingerprint density at radius 2 is 2.22 bits per heavy atom. The average Bonchev–Trinajstić information content (AvgIpc) is 2.36. The molecular weight excluding hydrogens is 234 g/mol. The SMILES string of the molecule is CCCC(=O)C(C[N+](=O)[O-])c1cccc(OC)c1. The summed E-state index contributed by atoms with van der Waals surface area (Å²) >= 11 is 0. The molecule has 98 valence electrons. The van der Waals surface area contributed by atoms with E-state index in [2.05, 4.69) is 0 Å². The van der Waals surface area contributed by atoms with Gasteiger partial charge in [0.15, 0.2) is 0 Å². The number of ether oxygens (including phenoxy) is 1. The minimum atomic E-state index is -0.685. The first-order valence-electron chi connectivity index (χ1n) is 5.87. The van der Waals surface area contributed by atoms with Gasteiger partial charge in [-0.15, -0.1) is 0 Å². The van der Waals surface area contributed by atoms with E-state index < -0.39 is 10.8 Å². The number of rotatable bonds is 7. The van der Waals surface area contributed by atoms with E-state index in [1.807, 2.05) is 6.92 Å². The smallest absolute Gasteiger partial charge is 0.217 e. The Morgan fingerprint density at radius 1 is 1.50 bits per heavy atom. The zero-order chi connectivity index (χ0) is 13.5. The molecule has 0 amide bonds. The van der Waals surface area contributed by atoms with Crippen molar-refractivity contribution in [2.24, 2.45) is 0 Å². The second kappa shape index (κ2) is 6.74. The van der Waals surface area contributed by atoms with Gasteiger partial charge >= 0.3 is 0 Å². The van der Waals surface area contributed by atoms with Crippen molar-refractivity contribution in [2.45, 2.75) is 25.7 Å². The minimum Gasteiger partial charge on any atom is -0.497 e. The molecule has 0 aliphatic heterocycles. The third-order valence-electron chi connectivity index (χ3n) is 2.71. The van der Waals surface area contributed by atoms with Gasteiger partial charge in [0.05, 0.1) is 7.11 Å². The first kappa shape index (κ1) is 14.2. The maximum atomic E-state index is 11.9.